The van der Waals surface area contributed by atoms with Gasteiger partial charge in [-0.25, -0.2) is 19.7 Å². The Morgan fingerprint density at radius 1 is 1.00 bits per heavy atom. The number of hydrogen-bond donors (Lipinski definition) is 0. The third-order valence-electron chi connectivity index (χ3n) is 3.96. The second-order valence-corrected chi connectivity index (χ2v) is 7.71. The van der Waals surface area contributed by atoms with E-state index in [2.05, 4.69) is 15.0 Å². The van der Waals surface area contributed by atoms with E-state index >= 15 is 0 Å². The van der Waals surface area contributed by atoms with Crippen molar-refractivity contribution in [2.75, 3.05) is 6.61 Å². The molecular weight excluding hydrogens is 433 g/mol. The second-order valence-electron chi connectivity index (χ2n) is 5.87. The highest BCUT2D eigenvalue weighted by atomic mass is 35.5. The van der Waals surface area contributed by atoms with Gasteiger partial charge in [0, 0.05) is 18.0 Å². The highest BCUT2D eigenvalue weighted by Crippen LogP contribution is 2.30. The first kappa shape index (κ1) is 19.4. The number of carbonyl (C=O) groups excluding carboxylic acids is 2. The van der Waals surface area contributed by atoms with Gasteiger partial charge in [-0.3, -0.25) is 4.79 Å². The topological polar surface area (TPSA) is 82.0 Å². The van der Waals surface area contributed by atoms with Crippen molar-refractivity contribution in [1.29, 1.82) is 0 Å². The predicted octanol–water partition coefficient (Wildman–Crippen LogP) is 5.10. The molecule has 0 unspecified atom stereocenters. The number of ether oxygens (including phenoxy) is 1. The molecule has 0 aliphatic heterocycles. The summed E-state index contributed by atoms with van der Waals surface area (Å²) in [4.78, 5) is 37.7. The van der Waals surface area contributed by atoms with Crippen molar-refractivity contribution < 1.29 is 14.3 Å². The van der Waals surface area contributed by atoms with Crippen LogP contribution in [0.1, 0.15) is 20.8 Å². The van der Waals surface area contributed by atoms with E-state index in [-0.39, 0.29) is 16.3 Å². The van der Waals surface area contributed by atoms with Crippen LogP contribution in [0.15, 0.2) is 54.9 Å². The maximum absolute atomic E-state index is 12.6. The van der Waals surface area contributed by atoms with E-state index in [1.165, 1.54) is 41.9 Å². The van der Waals surface area contributed by atoms with Gasteiger partial charge in [0.1, 0.15) is 10.7 Å². The number of aromatic nitrogens is 3. The standard InChI is InChI=1S/C20H11Cl2N3O3S/c21-12-6-5-11(9-13(12)22)15(26)10-28-20(27)18-17(23-7-8-24-18)19-25-14-3-1-2-4-16(14)29-19/h1-9H,10H2. The number of para-hydroxylation sites is 1. The Morgan fingerprint density at radius 2 is 1.79 bits per heavy atom. The zero-order valence-corrected chi connectivity index (χ0v) is 17.0. The van der Waals surface area contributed by atoms with Crippen molar-refractivity contribution in [2.24, 2.45) is 0 Å². The second kappa shape index (κ2) is 8.24. The molecule has 0 saturated carbocycles. The van der Waals surface area contributed by atoms with Gasteiger partial charge in [-0.05, 0) is 30.3 Å². The molecule has 0 aliphatic carbocycles. The van der Waals surface area contributed by atoms with Crippen LogP contribution in [0.25, 0.3) is 20.9 Å². The van der Waals surface area contributed by atoms with E-state index in [1.54, 1.807) is 0 Å². The minimum absolute atomic E-state index is 0.00602. The predicted molar refractivity (Wildman–Crippen MR) is 112 cm³/mol. The molecule has 29 heavy (non-hydrogen) atoms. The van der Waals surface area contributed by atoms with Crippen molar-refractivity contribution in [3.63, 3.8) is 0 Å². The number of hydrogen-bond acceptors (Lipinski definition) is 7. The van der Waals surface area contributed by atoms with Gasteiger partial charge < -0.3 is 4.74 Å². The fourth-order valence-corrected chi connectivity index (χ4v) is 3.83. The van der Waals surface area contributed by atoms with Crippen molar-refractivity contribution in [3.05, 3.63) is 76.2 Å². The number of benzene rings is 2. The molecule has 0 N–H and O–H groups in total. The molecule has 2 aromatic carbocycles. The zero-order valence-electron chi connectivity index (χ0n) is 14.6. The molecule has 6 nitrogen and oxygen atoms in total. The summed E-state index contributed by atoms with van der Waals surface area (Å²) in [5.41, 5.74) is 1.39. The van der Waals surface area contributed by atoms with Gasteiger partial charge in [0.2, 0.25) is 0 Å². The number of thiazole rings is 1. The van der Waals surface area contributed by atoms with Gasteiger partial charge in [-0.15, -0.1) is 11.3 Å². The number of Topliss-reactive ketones (excluding diaryl/α,β-unsaturated/α-hetero) is 1. The minimum atomic E-state index is -0.763. The molecule has 2 aromatic heterocycles. The van der Waals surface area contributed by atoms with Crippen LogP contribution in [0.3, 0.4) is 0 Å². The number of nitrogens with zero attached hydrogens (tertiary/aromatic N) is 3. The molecule has 2 heterocycles. The number of ketones is 1. The van der Waals surface area contributed by atoms with Crippen LogP contribution >= 0.6 is 34.5 Å². The van der Waals surface area contributed by atoms with E-state index < -0.39 is 18.4 Å². The van der Waals surface area contributed by atoms with Crippen molar-refractivity contribution in [3.8, 4) is 10.7 Å². The number of carbonyl (C=O) groups is 2. The van der Waals surface area contributed by atoms with Crippen molar-refractivity contribution in [2.45, 2.75) is 0 Å². The zero-order chi connectivity index (χ0) is 20.4. The van der Waals surface area contributed by atoms with Crippen molar-refractivity contribution >= 4 is 56.5 Å². The van der Waals surface area contributed by atoms with Crippen LogP contribution in [-0.2, 0) is 4.74 Å². The molecule has 0 saturated heterocycles. The summed E-state index contributed by atoms with van der Waals surface area (Å²) in [6, 6.07) is 12.0. The van der Waals surface area contributed by atoms with Gasteiger partial charge in [0.05, 0.1) is 20.3 Å². The first-order valence-corrected chi connectivity index (χ1v) is 9.92. The highest BCUT2D eigenvalue weighted by Gasteiger charge is 2.21. The molecular formula is C20H11Cl2N3O3S. The molecule has 4 rings (SSSR count). The lowest BCUT2D eigenvalue weighted by molar-refractivity contribution is 0.0469. The number of halogens is 2. The molecule has 9 heteroatoms. The first-order chi connectivity index (χ1) is 14.0. The van der Waals surface area contributed by atoms with Crippen LogP contribution in [-0.4, -0.2) is 33.3 Å². The first-order valence-electron chi connectivity index (χ1n) is 8.35. The van der Waals surface area contributed by atoms with Crippen LogP contribution in [0.5, 0.6) is 0 Å². The van der Waals surface area contributed by atoms with Crippen LogP contribution in [0.4, 0.5) is 0 Å². The molecule has 0 radical (unpaired) electrons. The summed E-state index contributed by atoms with van der Waals surface area (Å²) in [6.07, 6.45) is 2.85. The molecule has 0 amide bonds. The molecule has 0 fully saturated rings. The summed E-state index contributed by atoms with van der Waals surface area (Å²) >= 11 is 13.2. The third-order valence-corrected chi connectivity index (χ3v) is 5.75. The highest BCUT2D eigenvalue weighted by molar-refractivity contribution is 7.21. The summed E-state index contributed by atoms with van der Waals surface area (Å²) < 4.78 is 6.12. The average molecular weight is 444 g/mol. The van der Waals surface area contributed by atoms with E-state index in [0.29, 0.717) is 15.7 Å². The SMILES string of the molecule is O=C(COC(=O)c1nccnc1-c1nc2ccccc2s1)c1ccc(Cl)c(Cl)c1. The normalized spacial score (nSPS) is 10.8. The molecule has 144 valence electrons. The van der Waals surface area contributed by atoms with Crippen LogP contribution in [0, 0.1) is 0 Å². The van der Waals surface area contributed by atoms with Gasteiger partial charge in [-0.2, -0.15) is 0 Å². The Hall–Kier alpha value is -2.87. The third kappa shape index (κ3) is 4.12. The van der Waals surface area contributed by atoms with E-state index in [4.69, 9.17) is 27.9 Å². The summed E-state index contributed by atoms with van der Waals surface area (Å²) in [6.45, 7) is -0.466. The largest absolute Gasteiger partial charge is 0.452 e. The maximum atomic E-state index is 12.6. The molecule has 0 aliphatic rings. The summed E-state index contributed by atoms with van der Waals surface area (Å²) in [7, 11) is 0. The Balaban J connectivity index is 1.55. The molecule has 4 aromatic rings. The number of fused-ring (bicyclic) bond motifs is 1. The van der Waals surface area contributed by atoms with E-state index in [9.17, 15) is 9.59 Å². The van der Waals surface area contributed by atoms with Crippen LogP contribution < -0.4 is 0 Å². The smallest absolute Gasteiger partial charge is 0.359 e. The lowest BCUT2D eigenvalue weighted by Gasteiger charge is -2.06. The van der Waals surface area contributed by atoms with Gasteiger partial charge in [-0.1, -0.05) is 35.3 Å². The van der Waals surface area contributed by atoms with Crippen LogP contribution in [0.2, 0.25) is 10.0 Å². The van der Waals surface area contributed by atoms with Gasteiger partial charge >= 0.3 is 5.97 Å². The van der Waals surface area contributed by atoms with E-state index in [1.807, 2.05) is 24.3 Å². The number of rotatable bonds is 5. The van der Waals surface area contributed by atoms with Gasteiger partial charge in [0.25, 0.3) is 0 Å². The van der Waals surface area contributed by atoms with Crippen molar-refractivity contribution in [1.82, 2.24) is 15.0 Å². The summed E-state index contributed by atoms with van der Waals surface area (Å²) in [5.74, 6) is -1.18. The maximum Gasteiger partial charge on any atom is 0.359 e. The average Bonchev–Trinajstić information content (AvgIpc) is 3.18. The number of esters is 1. The van der Waals surface area contributed by atoms with Gasteiger partial charge in [0.15, 0.2) is 18.1 Å². The Labute approximate surface area is 179 Å². The Bertz CT molecular complexity index is 1210. The minimum Gasteiger partial charge on any atom is -0.452 e. The molecule has 0 bridgehead atoms. The molecule has 0 atom stereocenters. The lowest BCUT2D eigenvalue weighted by atomic mass is 10.1. The summed E-state index contributed by atoms with van der Waals surface area (Å²) in [5, 5.41) is 1.12. The fourth-order valence-electron chi connectivity index (χ4n) is 2.57. The Morgan fingerprint density at radius 3 is 2.59 bits per heavy atom. The monoisotopic (exact) mass is 443 g/mol. The van der Waals surface area contributed by atoms with E-state index in [0.717, 1.165) is 10.2 Å². The molecule has 0 spiro atoms. The lowest BCUT2D eigenvalue weighted by Crippen LogP contribution is -2.16. The Kier molecular flexibility index (Phi) is 5.53. The quantitative estimate of drug-likeness (QED) is 0.315. The fraction of sp³-hybridized carbons (Fsp3) is 0.0500.